The molecule has 1 N–H and O–H groups in total. The van der Waals surface area contributed by atoms with Gasteiger partial charge in [0, 0.05) is 13.6 Å². The summed E-state index contributed by atoms with van der Waals surface area (Å²) in [4.78, 5) is 13.6. The van der Waals surface area contributed by atoms with E-state index >= 15 is 0 Å². The number of hydrogen-bond donors (Lipinski definition) is 1. The van der Waals surface area contributed by atoms with Gasteiger partial charge < -0.3 is 10.2 Å². The normalized spacial score (nSPS) is 22.5. The van der Waals surface area contributed by atoms with Crippen LogP contribution < -0.4 is 5.32 Å². The first-order valence-electron chi connectivity index (χ1n) is 5.35. The fourth-order valence-corrected chi connectivity index (χ4v) is 1.79. The van der Waals surface area contributed by atoms with E-state index in [1.165, 1.54) is 12.8 Å². The van der Waals surface area contributed by atoms with Crippen LogP contribution in [0.2, 0.25) is 0 Å². The molecule has 1 unspecified atom stereocenters. The van der Waals surface area contributed by atoms with Crippen LogP contribution in [0.15, 0.2) is 12.7 Å². The molecule has 1 fully saturated rings. The topological polar surface area (TPSA) is 32.3 Å². The van der Waals surface area contributed by atoms with Crippen LogP contribution >= 0.6 is 0 Å². The van der Waals surface area contributed by atoms with Crippen LogP contribution in [0.25, 0.3) is 0 Å². The van der Waals surface area contributed by atoms with Gasteiger partial charge in [-0.15, -0.1) is 6.58 Å². The van der Waals surface area contributed by atoms with Gasteiger partial charge in [0.1, 0.15) is 0 Å². The van der Waals surface area contributed by atoms with Crippen molar-refractivity contribution in [3.63, 3.8) is 0 Å². The first-order chi connectivity index (χ1) is 6.75. The molecule has 1 aliphatic rings. The SMILES string of the molecule is C=CCN(C)C(=O)C1CCCCCN1. The minimum Gasteiger partial charge on any atom is -0.341 e. The lowest BCUT2D eigenvalue weighted by atomic mass is 10.1. The molecule has 0 saturated carbocycles. The third kappa shape index (κ3) is 3.14. The Morgan fingerprint density at radius 2 is 2.36 bits per heavy atom. The highest BCUT2D eigenvalue weighted by molar-refractivity contribution is 5.81. The molecule has 0 aromatic heterocycles. The Morgan fingerprint density at radius 3 is 3.07 bits per heavy atom. The molecule has 80 valence electrons. The van der Waals surface area contributed by atoms with Gasteiger partial charge in [0.2, 0.25) is 5.91 Å². The zero-order valence-electron chi connectivity index (χ0n) is 8.96. The van der Waals surface area contributed by atoms with Gasteiger partial charge >= 0.3 is 0 Å². The molecule has 1 saturated heterocycles. The van der Waals surface area contributed by atoms with Gasteiger partial charge in [-0.05, 0) is 19.4 Å². The minimum atomic E-state index is 0.0300. The van der Waals surface area contributed by atoms with Crippen LogP contribution in [-0.4, -0.2) is 37.0 Å². The molecule has 3 heteroatoms. The highest BCUT2D eigenvalue weighted by Crippen LogP contribution is 2.10. The number of carbonyl (C=O) groups excluding carboxylic acids is 1. The van der Waals surface area contributed by atoms with Crippen LogP contribution in [0.1, 0.15) is 25.7 Å². The van der Waals surface area contributed by atoms with Crippen LogP contribution in [0.3, 0.4) is 0 Å². The van der Waals surface area contributed by atoms with Crippen LogP contribution in [0, 0.1) is 0 Å². The summed E-state index contributed by atoms with van der Waals surface area (Å²) in [6, 6.07) is 0.0300. The third-order valence-corrected chi connectivity index (χ3v) is 2.64. The van der Waals surface area contributed by atoms with Crippen molar-refractivity contribution in [1.82, 2.24) is 10.2 Å². The predicted molar refractivity (Wildman–Crippen MR) is 58.1 cm³/mol. The van der Waals surface area contributed by atoms with E-state index in [1.807, 2.05) is 7.05 Å². The van der Waals surface area contributed by atoms with E-state index in [2.05, 4.69) is 11.9 Å². The second kappa shape index (κ2) is 5.81. The number of nitrogens with zero attached hydrogens (tertiary/aromatic N) is 1. The Kier molecular flexibility index (Phi) is 4.66. The zero-order valence-corrected chi connectivity index (χ0v) is 8.96. The van der Waals surface area contributed by atoms with Gasteiger partial charge in [0.25, 0.3) is 0 Å². The van der Waals surface area contributed by atoms with Crippen molar-refractivity contribution < 1.29 is 4.79 Å². The van der Waals surface area contributed by atoms with E-state index in [4.69, 9.17) is 0 Å². The summed E-state index contributed by atoms with van der Waals surface area (Å²) in [5.74, 6) is 0.201. The molecule has 0 aliphatic carbocycles. The van der Waals surface area contributed by atoms with Crippen molar-refractivity contribution in [3.05, 3.63) is 12.7 Å². The molecule has 1 aliphatic heterocycles. The highest BCUT2D eigenvalue weighted by Gasteiger charge is 2.21. The average Bonchev–Trinajstić information content (AvgIpc) is 2.45. The third-order valence-electron chi connectivity index (χ3n) is 2.64. The number of likely N-dealkylation sites (N-methyl/N-ethyl adjacent to an activating group) is 1. The van der Waals surface area contributed by atoms with Crippen LogP contribution in [0.4, 0.5) is 0 Å². The van der Waals surface area contributed by atoms with Crippen molar-refractivity contribution in [1.29, 1.82) is 0 Å². The van der Waals surface area contributed by atoms with E-state index < -0.39 is 0 Å². The standard InChI is InChI=1S/C11H20N2O/c1-3-9-13(2)11(14)10-7-5-4-6-8-12-10/h3,10,12H,1,4-9H2,2H3. The van der Waals surface area contributed by atoms with E-state index in [9.17, 15) is 4.79 Å². The zero-order chi connectivity index (χ0) is 10.4. The monoisotopic (exact) mass is 196 g/mol. The number of nitrogens with one attached hydrogen (secondary N) is 1. The summed E-state index contributed by atoms with van der Waals surface area (Å²) in [6.07, 6.45) is 6.32. The maximum Gasteiger partial charge on any atom is 0.239 e. The summed E-state index contributed by atoms with van der Waals surface area (Å²) >= 11 is 0. The Bertz CT molecular complexity index is 195. The molecule has 0 aromatic rings. The fraction of sp³-hybridized carbons (Fsp3) is 0.727. The van der Waals surface area contributed by atoms with Gasteiger partial charge in [-0.25, -0.2) is 0 Å². The largest absolute Gasteiger partial charge is 0.341 e. The molecule has 1 heterocycles. The summed E-state index contributed by atoms with van der Waals surface area (Å²) in [5.41, 5.74) is 0. The molecule has 3 nitrogen and oxygen atoms in total. The Labute approximate surface area is 86.2 Å². The van der Waals surface area contributed by atoms with Gasteiger partial charge in [-0.1, -0.05) is 18.9 Å². The second-order valence-corrected chi connectivity index (χ2v) is 3.86. The first-order valence-corrected chi connectivity index (χ1v) is 5.35. The molecule has 14 heavy (non-hydrogen) atoms. The number of rotatable bonds is 3. The molecular weight excluding hydrogens is 176 g/mol. The second-order valence-electron chi connectivity index (χ2n) is 3.86. The molecule has 0 bridgehead atoms. The average molecular weight is 196 g/mol. The van der Waals surface area contributed by atoms with E-state index in [1.54, 1.807) is 11.0 Å². The van der Waals surface area contributed by atoms with Gasteiger partial charge in [0.05, 0.1) is 6.04 Å². The maximum absolute atomic E-state index is 11.9. The molecular formula is C11H20N2O. The predicted octanol–water partition coefficient (Wildman–Crippen LogP) is 1.16. The maximum atomic E-state index is 11.9. The lowest BCUT2D eigenvalue weighted by Gasteiger charge is -2.22. The van der Waals surface area contributed by atoms with Crippen molar-refractivity contribution in [2.24, 2.45) is 0 Å². The minimum absolute atomic E-state index is 0.0300. The van der Waals surface area contributed by atoms with Crippen LogP contribution in [-0.2, 0) is 4.79 Å². The van der Waals surface area contributed by atoms with Gasteiger partial charge in [-0.2, -0.15) is 0 Å². The van der Waals surface area contributed by atoms with Crippen molar-refractivity contribution in [2.45, 2.75) is 31.7 Å². The smallest absolute Gasteiger partial charge is 0.239 e. The van der Waals surface area contributed by atoms with Crippen molar-refractivity contribution in [2.75, 3.05) is 20.1 Å². The molecule has 1 amide bonds. The number of carbonyl (C=O) groups is 1. The number of hydrogen-bond acceptors (Lipinski definition) is 2. The lowest BCUT2D eigenvalue weighted by molar-refractivity contribution is -0.131. The molecule has 0 radical (unpaired) electrons. The molecule has 1 atom stereocenters. The Hall–Kier alpha value is -0.830. The fourth-order valence-electron chi connectivity index (χ4n) is 1.79. The quantitative estimate of drug-likeness (QED) is 0.687. The van der Waals surface area contributed by atoms with Gasteiger partial charge in [-0.3, -0.25) is 4.79 Å². The summed E-state index contributed by atoms with van der Waals surface area (Å²) in [5, 5.41) is 3.30. The molecule has 0 aromatic carbocycles. The lowest BCUT2D eigenvalue weighted by Crippen LogP contribution is -2.44. The van der Waals surface area contributed by atoms with Gasteiger partial charge in [0.15, 0.2) is 0 Å². The van der Waals surface area contributed by atoms with Crippen LogP contribution in [0.5, 0.6) is 0 Å². The highest BCUT2D eigenvalue weighted by atomic mass is 16.2. The summed E-state index contributed by atoms with van der Waals surface area (Å²) < 4.78 is 0. The molecule has 0 spiro atoms. The van der Waals surface area contributed by atoms with Crippen molar-refractivity contribution >= 4 is 5.91 Å². The Morgan fingerprint density at radius 1 is 1.57 bits per heavy atom. The van der Waals surface area contributed by atoms with Crippen molar-refractivity contribution in [3.8, 4) is 0 Å². The number of amides is 1. The van der Waals surface area contributed by atoms with E-state index in [0.29, 0.717) is 6.54 Å². The molecule has 1 rings (SSSR count). The summed E-state index contributed by atoms with van der Waals surface area (Å²) in [7, 11) is 1.83. The van der Waals surface area contributed by atoms with E-state index in [0.717, 1.165) is 19.4 Å². The first kappa shape index (κ1) is 11.2. The summed E-state index contributed by atoms with van der Waals surface area (Å²) in [6.45, 7) is 5.24. The Balaban J connectivity index is 2.44. The van der Waals surface area contributed by atoms with E-state index in [-0.39, 0.29) is 11.9 Å².